The molecular formula is C34H28ClNO4. The molecule has 5 nitrogen and oxygen atoms in total. The fourth-order valence-corrected chi connectivity index (χ4v) is 4.74. The number of rotatable bonds is 4. The van der Waals surface area contributed by atoms with E-state index >= 15 is 0 Å². The van der Waals surface area contributed by atoms with E-state index in [0.717, 1.165) is 17.7 Å². The third-order valence-electron chi connectivity index (χ3n) is 6.38. The van der Waals surface area contributed by atoms with Crippen LogP contribution in [0.2, 0.25) is 0 Å². The summed E-state index contributed by atoms with van der Waals surface area (Å²) < 4.78 is 36.4. The average molecular weight is 550 g/mol. The smallest absolute Gasteiger partial charge is 0.217 e. The third-order valence-corrected chi connectivity index (χ3v) is 6.38. The quantitative estimate of drug-likeness (QED) is 0.254. The van der Waals surface area contributed by atoms with E-state index in [1.807, 2.05) is 18.2 Å². The van der Waals surface area contributed by atoms with Crippen LogP contribution in [-0.2, 0) is 6.54 Å². The molecule has 0 bridgehead atoms. The summed E-state index contributed by atoms with van der Waals surface area (Å²) in [7, 11) is -4.94. The molecule has 40 heavy (non-hydrogen) atoms. The molecule has 6 heteroatoms. The molecule has 0 aliphatic heterocycles. The molecule has 0 spiro atoms. The molecule has 0 aliphatic rings. The van der Waals surface area contributed by atoms with Crippen molar-refractivity contribution in [2.45, 2.75) is 20.4 Å². The van der Waals surface area contributed by atoms with Gasteiger partial charge >= 0.3 is 0 Å². The van der Waals surface area contributed by atoms with Crippen molar-refractivity contribution in [1.29, 1.82) is 0 Å². The normalized spacial score (nSPS) is 10.7. The lowest BCUT2D eigenvalue weighted by atomic mass is 9.92. The predicted octanol–water partition coefficient (Wildman–Crippen LogP) is 2.62. The van der Waals surface area contributed by atoms with Crippen molar-refractivity contribution in [1.82, 2.24) is 0 Å². The van der Waals surface area contributed by atoms with Gasteiger partial charge in [0.1, 0.15) is 0 Å². The van der Waals surface area contributed by atoms with Crippen molar-refractivity contribution in [3.63, 3.8) is 0 Å². The topological polar surface area (TPSA) is 96.1 Å². The van der Waals surface area contributed by atoms with E-state index in [1.165, 1.54) is 39.2 Å². The molecule has 0 saturated carbocycles. The van der Waals surface area contributed by atoms with Crippen LogP contribution in [0.25, 0.3) is 22.5 Å². The van der Waals surface area contributed by atoms with Crippen LogP contribution in [0, 0.1) is 35.9 Å². The average Bonchev–Trinajstić information content (AvgIpc) is 2.94. The summed E-state index contributed by atoms with van der Waals surface area (Å²) in [5.41, 5.74) is 10.6. The van der Waals surface area contributed by atoms with Crippen molar-refractivity contribution in [2.75, 3.05) is 0 Å². The number of hydrogen-bond acceptors (Lipinski definition) is 4. The molecule has 0 N–H and O–H groups in total. The van der Waals surface area contributed by atoms with Gasteiger partial charge in [-0.3, -0.25) is 0 Å². The first kappa shape index (κ1) is 28.7. The van der Waals surface area contributed by atoms with Crippen LogP contribution in [0.1, 0.15) is 27.8 Å². The lowest BCUT2D eigenvalue weighted by Crippen LogP contribution is -2.68. The van der Waals surface area contributed by atoms with Gasteiger partial charge in [-0.2, -0.15) is 4.57 Å². The Morgan fingerprint density at radius 2 is 0.925 bits per heavy atom. The van der Waals surface area contributed by atoms with Gasteiger partial charge in [-0.25, -0.2) is 18.6 Å². The number of benzene rings is 4. The van der Waals surface area contributed by atoms with Crippen LogP contribution < -0.4 is 23.2 Å². The minimum Gasteiger partial charge on any atom is -0.222 e. The van der Waals surface area contributed by atoms with Crippen LogP contribution in [0.4, 0.5) is 0 Å². The Labute approximate surface area is 237 Å². The maximum absolute atomic E-state index is 8.49. The Bertz CT molecular complexity index is 1540. The van der Waals surface area contributed by atoms with Crippen molar-refractivity contribution in [3.05, 3.63) is 149 Å². The summed E-state index contributed by atoms with van der Waals surface area (Å²) in [6.45, 7) is 5.20. The van der Waals surface area contributed by atoms with Crippen LogP contribution >= 0.6 is 0 Å². The zero-order chi connectivity index (χ0) is 28.5. The molecule has 0 saturated heterocycles. The van der Waals surface area contributed by atoms with E-state index in [1.54, 1.807) is 0 Å². The second-order valence-corrected chi connectivity index (χ2v) is 9.88. The molecule has 0 amide bonds. The van der Waals surface area contributed by atoms with Gasteiger partial charge in [0.25, 0.3) is 0 Å². The fourth-order valence-electron chi connectivity index (χ4n) is 4.74. The molecule has 0 atom stereocenters. The van der Waals surface area contributed by atoms with Gasteiger partial charge in [-0.05, 0) is 50.2 Å². The van der Waals surface area contributed by atoms with E-state index in [9.17, 15) is 0 Å². The molecule has 0 radical (unpaired) electrons. The Balaban J connectivity index is 0.000000681. The van der Waals surface area contributed by atoms with Crippen LogP contribution in [0.15, 0.2) is 121 Å². The Kier molecular flexibility index (Phi) is 9.47. The third kappa shape index (κ3) is 7.64. The Morgan fingerprint density at radius 3 is 1.35 bits per heavy atom. The lowest BCUT2D eigenvalue weighted by molar-refractivity contribution is -2.00. The molecule has 200 valence electrons. The number of halogens is 1. The number of nitrogens with zero attached hydrogens (tertiary/aromatic N) is 1. The minimum absolute atomic E-state index is 0.781. The minimum atomic E-state index is -4.94. The Morgan fingerprint density at radius 1 is 0.550 bits per heavy atom. The van der Waals surface area contributed by atoms with Gasteiger partial charge in [0, 0.05) is 38.9 Å². The second kappa shape index (κ2) is 13.2. The highest BCUT2D eigenvalue weighted by atomic mass is 35.7. The van der Waals surface area contributed by atoms with Crippen LogP contribution in [0.5, 0.6) is 0 Å². The fraction of sp³-hybridized carbons (Fsp3) is 0.0882. The highest BCUT2D eigenvalue weighted by molar-refractivity contribution is 5.72. The monoisotopic (exact) mass is 549 g/mol. The zero-order valence-corrected chi connectivity index (χ0v) is 23.0. The summed E-state index contributed by atoms with van der Waals surface area (Å²) in [4.78, 5) is 0. The predicted molar refractivity (Wildman–Crippen MR) is 145 cm³/mol. The van der Waals surface area contributed by atoms with E-state index < -0.39 is 10.2 Å². The van der Waals surface area contributed by atoms with Gasteiger partial charge in [0.2, 0.25) is 11.4 Å². The van der Waals surface area contributed by atoms with Crippen molar-refractivity contribution < 1.29 is 33.4 Å². The summed E-state index contributed by atoms with van der Waals surface area (Å²) in [6.07, 6.45) is 0. The summed E-state index contributed by atoms with van der Waals surface area (Å²) in [5, 5.41) is 0. The molecule has 4 aromatic carbocycles. The number of aromatic nitrogens is 1. The molecular weight excluding hydrogens is 522 g/mol. The first-order chi connectivity index (χ1) is 19.2. The molecule has 1 aromatic heterocycles. The summed E-state index contributed by atoms with van der Waals surface area (Å²) in [6, 6.07) is 42.3. The summed E-state index contributed by atoms with van der Waals surface area (Å²) in [5.74, 6) is 6.96. The highest BCUT2D eigenvalue weighted by Crippen LogP contribution is 2.31. The highest BCUT2D eigenvalue weighted by Gasteiger charge is 2.28. The molecule has 0 unspecified atom stereocenters. The first-order valence-corrected chi connectivity index (χ1v) is 13.9. The van der Waals surface area contributed by atoms with Crippen molar-refractivity contribution >= 4 is 0 Å². The van der Waals surface area contributed by atoms with Crippen molar-refractivity contribution in [2.24, 2.45) is 0 Å². The Hall–Kier alpha value is -4.28. The molecule has 5 rings (SSSR count). The largest absolute Gasteiger partial charge is 0.222 e. The molecule has 0 aliphatic carbocycles. The molecule has 5 aromatic rings. The number of pyridine rings is 1. The SMILES string of the molecule is Cc1c(C#Cc2ccccc2)c(C)c(-c2ccccc2)[n+](Cc2ccccc2)c1-c1ccccc1.[O-][Cl+3]([O-])([O-])[O-]. The maximum atomic E-state index is 8.49. The van der Waals surface area contributed by atoms with Crippen LogP contribution in [0.3, 0.4) is 0 Å². The second-order valence-electron chi connectivity index (χ2n) is 9.12. The molecule has 1 heterocycles. The lowest BCUT2D eigenvalue weighted by Gasteiger charge is -2.17. The molecule has 0 fully saturated rings. The van der Waals surface area contributed by atoms with Gasteiger partial charge in [0.05, 0.1) is 0 Å². The van der Waals surface area contributed by atoms with Gasteiger partial charge < -0.3 is 0 Å². The van der Waals surface area contributed by atoms with Crippen molar-refractivity contribution in [3.8, 4) is 34.4 Å². The van der Waals surface area contributed by atoms with Crippen LogP contribution in [-0.4, -0.2) is 0 Å². The standard InChI is InChI=1S/C34H28N.ClHO4/c1-26-32(24-23-28-15-7-3-8-16-28)27(2)34(31-21-13-6-14-22-31)35(25-29-17-9-4-10-18-29)33(26)30-19-11-5-12-20-30;2-1(3,4)5/h3-22H,25H2,1-2H3;(H,2,3,4,5)/q+1;/p-1. The van der Waals surface area contributed by atoms with Gasteiger partial charge in [-0.1, -0.05) is 96.8 Å². The van der Waals surface area contributed by atoms with Gasteiger partial charge in [0.15, 0.2) is 6.54 Å². The van der Waals surface area contributed by atoms with E-state index in [-0.39, 0.29) is 0 Å². The first-order valence-electron chi connectivity index (χ1n) is 12.6. The van der Waals surface area contributed by atoms with E-state index in [0.29, 0.717) is 0 Å². The maximum Gasteiger partial charge on any atom is 0.217 e. The number of hydrogen-bond donors (Lipinski definition) is 0. The summed E-state index contributed by atoms with van der Waals surface area (Å²) >= 11 is 0. The van der Waals surface area contributed by atoms with Gasteiger partial charge in [-0.15, -0.1) is 10.2 Å². The van der Waals surface area contributed by atoms with E-state index in [2.05, 4.69) is 133 Å². The van der Waals surface area contributed by atoms with E-state index in [4.69, 9.17) is 18.6 Å². The zero-order valence-electron chi connectivity index (χ0n) is 22.2.